The quantitative estimate of drug-likeness (QED) is 0.646. The van der Waals surface area contributed by atoms with E-state index in [1.165, 1.54) is 25.9 Å². The van der Waals surface area contributed by atoms with Crippen molar-refractivity contribution in [3.63, 3.8) is 0 Å². The highest BCUT2D eigenvalue weighted by atomic mass is 32.2. The molecular weight excluding hydrogens is 218 g/mol. The number of thioether (sulfide) groups is 1. The maximum absolute atomic E-state index is 4.45. The summed E-state index contributed by atoms with van der Waals surface area (Å²) in [6.07, 6.45) is 2.58. The summed E-state index contributed by atoms with van der Waals surface area (Å²) in [6.45, 7) is 6.39. The van der Waals surface area contributed by atoms with Crippen molar-refractivity contribution >= 4 is 11.8 Å². The first-order chi connectivity index (χ1) is 7.74. The van der Waals surface area contributed by atoms with E-state index in [2.05, 4.69) is 15.3 Å². The van der Waals surface area contributed by atoms with Crippen LogP contribution in [0.2, 0.25) is 0 Å². The Morgan fingerprint density at radius 3 is 2.50 bits per heavy atom. The Morgan fingerprint density at radius 1 is 1.25 bits per heavy atom. The Morgan fingerprint density at radius 2 is 1.88 bits per heavy atom. The zero-order valence-corrected chi connectivity index (χ0v) is 10.8. The molecule has 3 nitrogen and oxygen atoms in total. The van der Waals surface area contributed by atoms with Gasteiger partial charge in [0.2, 0.25) is 0 Å². The number of nitrogens with zero attached hydrogens (tertiary/aromatic N) is 2. The minimum absolute atomic E-state index is 0.829. The maximum atomic E-state index is 4.45. The zero-order chi connectivity index (χ0) is 11.4. The average Bonchev–Trinajstić information content (AvgIpc) is 2.27. The van der Waals surface area contributed by atoms with Gasteiger partial charge in [0.05, 0.1) is 0 Å². The molecule has 1 aliphatic rings. The van der Waals surface area contributed by atoms with Crippen LogP contribution in [-0.4, -0.2) is 28.8 Å². The predicted molar refractivity (Wildman–Crippen MR) is 67.8 cm³/mol. The lowest BCUT2D eigenvalue weighted by Gasteiger charge is -2.21. The topological polar surface area (TPSA) is 37.8 Å². The van der Waals surface area contributed by atoms with E-state index in [1.807, 2.05) is 19.9 Å². The first-order valence-corrected chi connectivity index (χ1v) is 6.88. The van der Waals surface area contributed by atoms with Gasteiger partial charge in [0.25, 0.3) is 0 Å². The fourth-order valence-corrected chi connectivity index (χ4v) is 3.13. The Kier molecular flexibility index (Phi) is 4.18. The highest BCUT2D eigenvalue weighted by Crippen LogP contribution is 2.22. The van der Waals surface area contributed by atoms with Gasteiger partial charge >= 0.3 is 0 Å². The van der Waals surface area contributed by atoms with Crippen LogP contribution in [-0.2, 0) is 0 Å². The van der Waals surface area contributed by atoms with Crippen molar-refractivity contribution in [3.8, 4) is 0 Å². The van der Waals surface area contributed by atoms with Crippen LogP contribution in [0, 0.1) is 19.8 Å². The molecule has 1 saturated heterocycles. The third-order valence-electron chi connectivity index (χ3n) is 2.87. The summed E-state index contributed by atoms with van der Waals surface area (Å²) < 4.78 is 0. The number of hydrogen-bond donors (Lipinski definition) is 1. The van der Waals surface area contributed by atoms with Crippen LogP contribution in [0.4, 0.5) is 0 Å². The Labute approximate surface area is 101 Å². The molecule has 1 fully saturated rings. The molecule has 2 heterocycles. The number of hydrogen-bond acceptors (Lipinski definition) is 4. The summed E-state index contributed by atoms with van der Waals surface area (Å²) in [4.78, 5) is 8.91. The summed E-state index contributed by atoms with van der Waals surface area (Å²) in [5, 5.41) is 4.33. The van der Waals surface area contributed by atoms with Crippen molar-refractivity contribution in [2.75, 3.05) is 18.8 Å². The predicted octanol–water partition coefficient (Wildman–Crippen LogP) is 2.19. The molecule has 16 heavy (non-hydrogen) atoms. The SMILES string of the molecule is Cc1cc(C)nc(SCC2CCNCC2)n1. The van der Waals surface area contributed by atoms with Crippen LogP contribution in [0.1, 0.15) is 24.2 Å². The molecule has 1 aliphatic heterocycles. The zero-order valence-electron chi connectivity index (χ0n) is 9.99. The van der Waals surface area contributed by atoms with Gasteiger partial charge in [-0.2, -0.15) is 0 Å². The van der Waals surface area contributed by atoms with Gasteiger partial charge < -0.3 is 5.32 Å². The lowest BCUT2D eigenvalue weighted by molar-refractivity contribution is 0.407. The maximum Gasteiger partial charge on any atom is 0.187 e. The molecule has 0 unspecified atom stereocenters. The fourth-order valence-electron chi connectivity index (χ4n) is 2.00. The molecule has 2 rings (SSSR count). The molecule has 88 valence electrons. The summed E-state index contributed by atoms with van der Waals surface area (Å²) in [7, 11) is 0. The minimum Gasteiger partial charge on any atom is -0.317 e. The number of rotatable bonds is 3. The summed E-state index contributed by atoms with van der Waals surface area (Å²) >= 11 is 1.81. The highest BCUT2D eigenvalue weighted by Gasteiger charge is 2.13. The molecule has 1 aromatic rings. The molecule has 0 amide bonds. The third-order valence-corrected chi connectivity index (χ3v) is 3.95. The van der Waals surface area contributed by atoms with E-state index in [4.69, 9.17) is 0 Å². The smallest absolute Gasteiger partial charge is 0.187 e. The molecule has 1 N–H and O–H groups in total. The molecular formula is C12H19N3S. The lowest BCUT2D eigenvalue weighted by Crippen LogP contribution is -2.28. The van der Waals surface area contributed by atoms with Gasteiger partial charge in [-0.3, -0.25) is 0 Å². The van der Waals surface area contributed by atoms with Gasteiger partial charge in [-0.25, -0.2) is 9.97 Å². The molecule has 0 radical (unpaired) electrons. The monoisotopic (exact) mass is 237 g/mol. The van der Waals surface area contributed by atoms with Gasteiger partial charge in [0, 0.05) is 17.1 Å². The molecule has 0 bridgehead atoms. The molecule has 0 saturated carbocycles. The Balaban J connectivity index is 1.88. The van der Waals surface area contributed by atoms with E-state index >= 15 is 0 Å². The van der Waals surface area contributed by atoms with Gasteiger partial charge in [-0.15, -0.1) is 0 Å². The van der Waals surface area contributed by atoms with Crippen LogP contribution in [0.25, 0.3) is 0 Å². The standard InChI is InChI=1S/C12H19N3S/c1-9-7-10(2)15-12(14-9)16-8-11-3-5-13-6-4-11/h7,11,13H,3-6,8H2,1-2H3. The summed E-state index contributed by atoms with van der Waals surface area (Å²) in [6, 6.07) is 2.02. The normalized spacial score (nSPS) is 17.6. The van der Waals surface area contributed by atoms with E-state index in [1.54, 1.807) is 11.8 Å². The van der Waals surface area contributed by atoms with Crippen LogP contribution in [0.15, 0.2) is 11.2 Å². The number of piperidine rings is 1. The number of aromatic nitrogens is 2. The lowest BCUT2D eigenvalue weighted by atomic mass is 10.0. The van der Waals surface area contributed by atoms with Gasteiger partial charge in [0.1, 0.15) is 0 Å². The van der Waals surface area contributed by atoms with Gasteiger partial charge in [0.15, 0.2) is 5.16 Å². The summed E-state index contributed by atoms with van der Waals surface area (Å²) in [5.74, 6) is 1.99. The average molecular weight is 237 g/mol. The first kappa shape index (κ1) is 11.9. The fraction of sp³-hybridized carbons (Fsp3) is 0.667. The minimum atomic E-state index is 0.829. The Bertz CT molecular complexity index is 328. The van der Waals surface area contributed by atoms with Crippen LogP contribution in [0.3, 0.4) is 0 Å². The highest BCUT2D eigenvalue weighted by molar-refractivity contribution is 7.99. The van der Waals surface area contributed by atoms with E-state index in [0.717, 1.165) is 28.2 Å². The molecule has 0 atom stereocenters. The molecule has 0 aliphatic carbocycles. The molecule has 0 spiro atoms. The molecule has 4 heteroatoms. The summed E-state index contributed by atoms with van der Waals surface area (Å²) in [5.41, 5.74) is 2.14. The van der Waals surface area contributed by atoms with Crippen molar-refractivity contribution in [1.29, 1.82) is 0 Å². The molecule has 1 aromatic heterocycles. The second kappa shape index (κ2) is 5.64. The largest absolute Gasteiger partial charge is 0.317 e. The van der Waals surface area contributed by atoms with E-state index in [0.29, 0.717) is 0 Å². The van der Waals surface area contributed by atoms with E-state index in [9.17, 15) is 0 Å². The van der Waals surface area contributed by atoms with E-state index < -0.39 is 0 Å². The van der Waals surface area contributed by atoms with Crippen LogP contribution in [0.5, 0.6) is 0 Å². The molecule has 0 aromatic carbocycles. The van der Waals surface area contributed by atoms with E-state index in [-0.39, 0.29) is 0 Å². The van der Waals surface area contributed by atoms with Gasteiger partial charge in [-0.1, -0.05) is 11.8 Å². The van der Waals surface area contributed by atoms with Crippen molar-refractivity contribution in [3.05, 3.63) is 17.5 Å². The van der Waals surface area contributed by atoms with Crippen molar-refractivity contribution in [2.24, 2.45) is 5.92 Å². The third kappa shape index (κ3) is 3.46. The van der Waals surface area contributed by atoms with Crippen molar-refractivity contribution < 1.29 is 0 Å². The number of nitrogens with one attached hydrogen (secondary N) is 1. The second-order valence-electron chi connectivity index (χ2n) is 4.44. The number of aryl methyl sites for hydroxylation is 2. The Hall–Kier alpha value is -0.610. The van der Waals surface area contributed by atoms with Crippen molar-refractivity contribution in [2.45, 2.75) is 31.8 Å². The second-order valence-corrected chi connectivity index (χ2v) is 5.42. The van der Waals surface area contributed by atoms with Gasteiger partial charge in [-0.05, 0) is 51.8 Å². The van der Waals surface area contributed by atoms with Crippen molar-refractivity contribution in [1.82, 2.24) is 15.3 Å². The first-order valence-electron chi connectivity index (χ1n) is 5.90. The van der Waals surface area contributed by atoms with Crippen LogP contribution >= 0.6 is 11.8 Å². The van der Waals surface area contributed by atoms with Crippen LogP contribution < -0.4 is 5.32 Å².